The second-order valence-electron chi connectivity index (χ2n) is 6.47. The number of ether oxygens (including phenoxy) is 1. The third kappa shape index (κ3) is 6.35. The summed E-state index contributed by atoms with van der Waals surface area (Å²) in [7, 11) is 1.53. The first-order valence-electron chi connectivity index (χ1n) is 9.14. The molecule has 0 fully saturated rings. The zero-order chi connectivity index (χ0) is 20.5. The Morgan fingerprint density at radius 1 is 1.07 bits per heavy atom. The summed E-state index contributed by atoms with van der Waals surface area (Å²) >= 11 is 0. The molecule has 0 unspecified atom stereocenters. The van der Waals surface area contributed by atoms with Gasteiger partial charge in [-0.05, 0) is 49.7 Å². The maximum Gasteiger partial charge on any atom is 0.238 e. The molecule has 2 N–H and O–H groups in total. The average molecular weight is 387 g/mol. The Hall–Kier alpha value is -2.93. The molecule has 150 valence electrons. The fourth-order valence-corrected chi connectivity index (χ4v) is 2.75. The van der Waals surface area contributed by atoms with Crippen molar-refractivity contribution < 1.29 is 18.7 Å². The Morgan fingerprint density at radius 3 is 2.39 bits per heavy atom. The number of methoxy groups -OCH3 is 1. The number of benzene rings is 2. The first kappa shape index (κ1) is 21.4. The van der Waals surface area contributed by atoms with Gasteiger partial charge in [0.25, 0.3) is 0 Å². The van der Waals surface area contributed by atoms with E-state index in [4.69, 9.17) is 4.74 Å². The van der Waals surface area contributed by atoms with Crippen molar-refractivity contribution in [3.05, 3.63) is 53.8 Å². The van der Waals surface area contributed by atoms with Crippen LogP contribution in [-0.4, -0.2) is 43.5 Å². The normalized spacial score (nSPS) is 10.6. The molecule has 0 radical (unpaired) electrons. The van der Waals surface area contributed by atoms with Crippen molar-refractivity contribution in [1.82, 2.24) is 4.90 Å². The fourth-order valence-electron chi connectivity index (χ4n) is 2.75. The number of hydrogen-bond donors (Lipinski definition) is 2. The Morgan fingerprint density at radius 2 is 1.75 bits per heavy atom. The molecule has 2 aromatic carbocycles. The molecule has 0 saturated carbocycles. The quantitative estimate of drug-likeness (QED) is 0.692. The minimum absolute atomic E-state index is 0.0304. The number of carbonyl (C=O) groups is 2. The molecule has 2 amide bonds. The number of carbonyl (C=O) groups excluding carboxylic acids is 2. The van der Waals surface area contributed by atoms with E-state index in [1.54, 1.807) is 42.2 Å². The van der Waals surface area contributed by atoms with Gasteiger partial charge in [-0.3, -0.25) is 14.5 Å². The molecule has 0 bridgehead atoms. The molecule has 28 heavy (non-hydrogen) atoms. The Kier molecular flexibility index (Phi) is 7.95. The minimum Gasteiger partial charge on any atom is -0.495 e. The predicted molar refractivity (Wildman–Crippen MR) is 108 cm³/mol. The zero-order valence-electron chi connectivity index (χ0n) is 16.4. The summed E-state index contributed by atoms with van der Waals surface area (Å²) in [6.45, 7) is 4.29. The van der Waals surface area contributed by atoms with Gasteiger partial charge in [0.15, 0.2) is 0 Å². The Balaban J connectivity index is 1.95. The van der Waals surface area contributed by atoms with Gasteiger partial charge in [-0.1, -0.05) is 25.1 Å². The highest BCUT2D eigenvalue weighted by Gasteiger charge is 2.15. The van der Waals surface area contributed by atoms with Crippen LogP contribution in [0.5, 0.6) is 5.75 Å². The number of halogens is 1. The van der Waals surface area contributed by atoms with Gasteiger partial charge in [0.05, 0.1) is 25.9 Å². The molecule has 7 heteroatoms. The lowest BCUT2D eigenvalue weighted by molar-refractivity contribution is -0.120. The molecular weight excluding hydrogens is 361 g/mol. The number of hydrogen-bond acceptors (Lipinski definition) is 4. The highest BCUT2D eigenvalue weighted by molar-refractivity contribution is 5.95. The van der Waals surface area contributed by atoms with Gasteiger partial charge in [-0.15, -0.1) is 0 Å². The van der Waals surface area contributed by atoms with Crippen LogP contribution in [0.25, 0.3) is 0 Å². The summed E-state index contributed by atoms with van der Waals surface area (Å²) in [6.07, 6.45) is 0.786. The molecule has 2 aromatic rings. The van der Waals surface area contributed by atoms with Crippen LogP contribution < -0.4 is 15.4 Å². The van der Waals surface area contributed by atoms with Gasteiger partial charge in [-0.2, -0.15) is 0 Å². The second kappa shape index (κ2) is 10.4. The van der Waals surface area contributed by atoms with Gasteiger partial charge in [-0.25, -0.2) is 4.39 Å². The Labute approximate surface area is 164 Å². The average Bonchev–Trinajstić information content (AvgIpc) is 2.65. The van der Waals surface area contributed by atoms with E-state index in [9.17, 15) is 14.0 Å². The maximum absolute atomic E-state index is 13.6. The van der Waals surface area contributed by atoms with Crippen molar-refractivity contribution in [2.24, 2.45) is 0 Å². The summed E-state index contributed by atoms with van der Waals surface area (Å²) in [6, 6.07) is 11.7. The maximum atomic E-state index is 13.6. The number of amides is 2. The topological polar surface area (TPSA) is 70.7 Å². The lowest BCUT2D eigenvalue weighted by atomic mass is 10.2. The number of rotatable bonds is 9. The van der Waals surface area contributed by atoms with E-state index in [1.165, 1.54) is 13.2 Å². The van der Waals surface area contributed by atoms with Crippen LogP contribution >= 0.6 is 0 Å². The summed E-state index contributed by atoms with van der Waals surface area (Å²) in [5.41, 5.74) is 1.48. The summed E-state index contributed by atoms with van der Waals surface area (Å²) in [5.74, 6) is -0.356. The minimum atomic E-state index is -0.376. The van der Waals surface area contributed by atoms with Crippen molar-refractivity contribution in [2.75, 3.05) is 37.4 Å². The van der Waals surface area contributed by atoms with Crippen molar-refractivity contribution in [2.45, 2.75) is 20.3 Å². The largest absolute Gasteiger partial charge is 0.495 e. The Bertz CT molecular complexity index is 826. The zero-order valence-corrected chi connectivity index (χ0v) is 16.4. The number of nitrogens with zero attached hydrogens (tertiary/aromatic N) is 1. The van der Waals surface area contributed by atoms with Crippen LogP contribution in [0.3, 0.4) is 0 Å². The third-order valence-corrected chi connectivity index (χ3v) is 4.11. The van der Waals surface area contributed by atoms with E-state index in [1.807, 2.05) is 13.0 Å². The molecule has 6 nitrogen and oxygen atoms in total. The van der Waals surface area contributed by atoms with Crippen molar-refractivity contribution in [3.8, 4) is 5.75 Å². The standard InChI is InChI=1S/C21H26FN3O3/c1-4-11-25(13-20(26)23-16-10-9-15(2)17(22)12-16)14-21(27)24-18-7-5-6-8-19(18)28-3/h5-10,12H,4,11,13-14H2,1-3H3,(H,23,26)(H,24,27). The van der Waals surface area contributed by atoms with Crippen LogP contribution in [0, 0.1) is 12.7 Å². The molecule has 0 aromatic heterocycles. The van der Waals surface area contributed by atoms with E-state index in [2.05, 4.69) is 10.6 Å². The van der Waals surface area contributed by atoms with Crippen LogP contribution in [0.4, 0.5) is 15.8 Å². The lowest BCUT2D eigenvalue weighted by Gasteiger charge is -2.21. The van der Waals surface area contributed by atoms with Gasteiger partial charge in [0, 0.05) is 5.69 Å². The van der Waals surface area contributed by atoms with E-state index in [-0.39, 0.29) is 30.7 Å². The van der Waals surface area contributed by atoms with Crippen LogP contribution in [0.1, 0.15) is 18.9 Å². The van der Waals surface area contributed by atoms with E-state index >= 15 is 0 Å². The SMILES string of the molecule is CCCN(CC(=O)Nc1ccc(C)c(F)c1)CC(=O)Nc1ccccc1OC. The van der Waals surface area contributed by atoms with Gasteiger partial charge < -0.3 is 15.4 Å². The molecular formula is C21H26FN3O3. The first-order chi connectivity index (χ1) is 13.4. The summed E-state index contributed by atoms with van der Waals surface area (Å²) < 4.78 is 18.9. The van der Waals surface area contributed by atoms with Crippen LogP contribution in [-0.2, 0) is 9.59 Å². The number of nitrogens with one attached hydrogen (secondary N) is 2. The third-order valence-electron chi connectivity index (χ3n) is 4.11. The molecule has 0 aliphatic rings. The van der Waals surface area contributed by atoms with Crippen molar-refractivity contribution in [1.29, 1.82) is 0 Å². The molecule has 0 aliphatic heterocycles. The number of aryl methyl sites for hydroxylation is 1. The molecule has 0 aliphatic carbocycles. The smallest absolute Gasteiger partial charge is 0.238 e. The molecule has 0 heterocycles. The molecule has 0 spiro atoms. The van der Waals surface area contributed by atoms with E-state index in [0.717, 1.165) is 6.42 Å². The first-order valence-corrected chi connectivity index (χ1v) is 9.14. The van der Waals surface area contributed by atoms with E-state index < -0.39 is 0 Å². The summed E-state index contributed by atoms with van der Waals surface area (Å²) in [5, 5.41) is 5.47. The molecule has 2 rings (SSSR count). The number of anilines is 2. The van der Waals surface area contributed by atoms with Crippen molar-refractivity contribution >= 4 is 23.2 Å². The molecule has 0 saturated heterocycles. The number of para-hydroxylation sites is 2. The van der Waals surface area contributed by atoms with Gasteiger partial charge in [0.1, 0.15) is 11.6 Å². The lowest BCUT2D eigenvalue weighted by Crippen LogP contribution is -2.39. The van der Waals surface area contributed by atoms with Gasteiger partial charge in [0.2, 0.25) is 11.8 Å². The van der Waals surface area contributed by atoms with Crippen molar-refractivity contribution in [3.63, 3.8) is 0 Å². The van der Waals surface area contributed by atoms with Crippen LogP contribution in [0.2, 0.25) is 0 Å². The monoisotopic (exact) mass is 387 g/mol. The summed E-state index contributed by atoms with van der Waals surface area (Å²) in [4.78, 5) is 26.4. The predicted octanol–water partition coefficient (Wildman–Crippen LogP) is 3.43. The highest BCUT2D eigenvalue weighted by atomic mass is 19.1. The fraction of sp³-hybridized carbons (Fsp3) is 0.333. The van der Waals surface area contributed by atoms with Crippen LogP contribution in [0.15, 0.2) is 42.5 Å². The van der Waals surface area contributed by atoms with Gasteiger partial charge >= 0.3 is 0 Å². The van der Waals surface area contributed by atoms with E-state index in [0.29, 0.717) is 29.2 Å². The highest BCUT2D eigenvalue weighted by Crippen LogP contribution is 2.22. The molecule has 0 atom stereocenters. The second-order valence-corrected chi connectivity index (χ2v) is 6.47.